The van der Waals surface area contributed by atoms with Crippen LogP contribution in [0.2, 0.25) is 0 Å². The van der Waals surface area contributed by atoms with E-state index >= 15 is 0 Å². The van der Waals surface area contributed by atoms with Gasteiger partial charge in [-0.25, -0.2) is 4.79 Å². The molecular formula is C14H28N2O3. The molecule has 19 heavy (non-hydrogen) atoms. The van der Waals surface area contributed by atoms with Crippen molar-refractivity contribution in [1.29, 1.82) is 0 Å². The minimum absolute atomic E-state index is 0.0120. The number of nitrogens with one attached hydrogen (secondary N) is 1. The number of nitrogens with zero attached hydrogens (tertiary/aromatic N) is 1. The van der Waals surface area contributed by atoms with Crippen LogP contribution >= 0.6 is 0 Å². The Hall–Kier alpha value is -0.810. The Bertz CT molecular complexity index is 259. The van der Waals surface area contributed by atoms with Gasteiger partial charge in [-0.05, 0) is 31.1 Å². The second-order valence-electron chi connectivity index (χ2n) is 5.69. The van der Waals surface area contributed by atoms with Gasteiger partial charge in [0.25, 0.3) is 0 Å². The van der Waals surface area contributed by atoms with E-state index in [-0.39, 0.29) is 18.6 Å². The van der Waals surface area contributed by atoms with E-state index in [4.69, 9.17) is 9.84 Å². The molecule has 2 amide bonds. The summed E-state index contributed by atoms with van der Waals surface area (Å²) in [4.78, 5) is 13.7. The van der Waals surface area contributed by atoms with Crippen LogP contribution in [0, 0.1) is 11.8 Å². The zero-order chi connectivity index (χ0) is 14.1. The summed E-state index contributed by atoms with van der Waals surface area (Å²) in [6.07, 6.45) is 2.84. The Labute approximate surface area is 116 Å². The molecule has 5 nitrogen and oxygen atoms in total. The molecule has 1 aliphatic rings. The summed E-state index contributed by atoms with van der Waals surface area (Å²) in [7, 11) is 0. The van der Waals surface area contributed by atoms with Gasteiger partial charge in [0.1, 0.15) is 0 Å². The number of amides is 2. The Morgan fingerprint density at radius 2 is 2.32 bits per heavy atom. The maximum absolute atomic E-state index is 11.9. The smallest absolute Gasteiger partial charge is 0.317 e. The van der Waals surface area contributed by atoms with Crippen molar-refractivity contribution in [2.24, 2.45) is 11.8 Å². The fraction of sp³-hybridized carbons (Fsp3) is 0.929. The van der Waals surface area contributed by atoms with Crippen molar-refractivity contribution in [2.45, 2.75) is 33.1 Å². The van der Waals surface area contributed by atoms with Gasteiger partial charge in [-0.15, -0.1) is 0 Å². The molecule has 1 atom stereocenters. The summed E-state index contributed by atoms with van der Waals surface area (Å²) in [5, 5.41) is 12.0. The third kappa shape index (κ3) is 6.78. The lowest BCUT2D eigenvalue weighted by Crippen LogP contribution is -2.46. The monoisotopic (exact) mass is 272 g/mol. The predicted octanol–water partition coefficient (Wildman–Crippen LogP) is 1.46. The molecule has 5 heteroatoms. The number of piperidine rings is 1. The minimum atomic E-state index is -0.0120. The van der Waals surface area contributed by atoms with Crippen LogP contribution in [-0.2, 0) is 4.74 Å². The summed E-state index contributed by atoms with van der Waals surface area (Å²) < 4.78 is 5.46. The number of aliphatic hydroxyl groups excluding tert-OH is 1. The van der Waals surface area contributed by atoms with Gasteiger partial charge < -0.3 is 20.1 Å². The van der Waals surface area contributed by atoms with Crippen LogP contribution < -0.4 is 5.32 Å². The number of hydrogen-bond donors (Lipinski definition) is 2. The maximum Gasteiger partial charge on any atom is 0.317 e. The maximum atomic E-state index is 11.9. The molecule has 1 aliphatic heterocycles. The molecule has 1 unspecified atom stereocenters. The summed E-state index contributed by atoms with van der Waals surface area (Å²) in [6, 6.07) is -0.0120. The highest BCUT2D eigenvalue weighted by Gasteiger charge is 2.22. The van der Waals surface area contributed by atoms with E-state index in [0.29, 0.717) is 25.6 Å². The van der Waals surface area contributed by atoms with E-state index in [1.54, 1.807) is 4.90 Å². The Morgan fingerprint density at radius 1 is 1.53 bits per heavy atom. The quantitative estimate of drug-likeness (QED) is 0.690. The van der Waals surface area contributed by atoms with E-state index in [2.05, 4.69) is 19.2 Å². The number of urea groups is 1. The molecule has 1 saturated heterocycles. The first kappa shape index (κ1) is 16.2. The average molecular weight is 272 g/mol. The van der Waals surface area contributed by atoms with Crippen LogP contribution in [0.4, 0.5) is 4.79 Å². The second-order valence-corrected chi connectivity index (χ2v) is 5.69. The van der Waals surface area contributed by atoms with Gasteiger partial charge in [-0.1, -0.05) is 13.8 Å². The molecule has 1 heterocycles. The normalized spacial score (nSPS) is 19.8. The van der Waals surface area contributed by atoms with Crippen LogP contribution in [0.3, 0.4) is 0 Å². The van der Waals surface area contributed by atoms with Crippen molar-refractivity contribution < 1.29 is 14.6 Å². The summed E-state index contributed by atoms with van der Waals surface area (Å²) in [5.74, 6) is 0.798. The summed E-state index contributed by atoms with van der Waals surface area (Å²) in [5.41, 5.74) is 0. The minimum Gasteiger partial charge on any atom is -0.396 e. The molecular weight excluding hydrogens is 244 g/mol. The van der Waals surface area contributed by atoms with Crippen molar-refractivity contribution in [3.63, 3.8) is 0 Å². The average Bonchev–Trinajstić information content (AvgIpc) is 2.42. The SMILES string of the molecule is CC(C)COCCCNC(=O)N1CCCC(CO)C1. The molecule has 0 bridgehead atoms. The van der Waals surface area contributed by atoms with Crippen LogP contribution in [0.5, 0.6) is 0 Å². The lowest BCUT2D eigenvalue weighted by atomic mass is 9.99. The molecule has 1 fully saturated rings. The van der Waals surface area contributed by atoms with E-state index in [9.17, 15) is 4.79 Å². The highest BCUT2D eigenvalue weighted by atomic mass is 16.5. The van der Waals surface area contributed by atoms with Crippen LogP contribution in [-0.4, -0.2) is 55.5 Å². The first-order valence-corrected chi connectivity index (χ1v) is 7.35. The van der Waals surface area contributed by atoms with Crippen LogP contribution in [0.1, 0.15) is 33.1 Å². The molecule has 2 N–H and O–H groups in total. The third-order valence-corrected chi connectivity index (χ3v) is 3.26. The first-order chi connectivity index (χ1) is 9.13. The third-order valence-electron chi connectivity index (χ3n) is 3.26. The summed E-state index contributed by atoms with van der Waals surface area (Å²) in [6.45, 7) is 8.00. The number of aliphatic hydroxyl groups is 1. The highest BCUT2D eigenvalue weighted by molar-refractivity contribution is 5.74. The van der Waals surface area contributed by atoms with Gasteiger partial charge in [-0.2, -0.15) is 0 Å². The zero-order valence-electron chi connectivity index (χ0n) is 12.2. The number of carbonyl (C=O) groups excluding carboxylic acids is 1. The van der Waals surface area contributed by atoms with Gasteiger partial charge in [0.05, 0.1) is 0 Å². The van der Waals surface area contributed by atoms with Gasteiger partial charge in [0.15, 0.2) is 0 Å². The first-order valence-electron chi connectivity index (χ1n) is 7.35. The highest BCUT2D eigenvalue weighted by Crippen LogP contribution is 2.15. The molecule has 0 radical (unpaired) electrons. The van der Waals surface area contributed by atoms with E-state index in [0.717, 1.165) is 32.4 Å². The van der Waals surface area contributed by atoms with Crippen LogP contribution in [0.15, 0.2) is 0 Å². The zero-order valence-corrected chi connectivity index (χ0v) is 12.2. The van der Waals surface area contributed by atoms with E-state index in [1.807, 2.05) is 0 Å². The van der Waals surface area contributed by atoms with Crippen molar-refractivity contribution in [1.82, 2.24) is 10.2 Å². The van der Waals surface area contributed by atoms with Gasteiger partial charge in [-0.3, -0.25) is 0 Å². The fourth-order valence-corrected chi connectivity index (χ4v) is 2.20. The summed E-state index contributed by atoms with van der Waals surface area (Å²) >= 11 is 0. The standard InChI is InChI=1S/C14H28N2O3/c1-12(2)11-19-8-4-6-15-14(18)16-7-3-5-13(9-16)10-17/h12-13,17H,3-11H2,1-2H3,(H,15,18). The number of ether oxygens (including phenoxy) is 1. The Kier molecular flexibility index (Phi) is 7.82. The van der Waals surface area contributed by atoms with Crippen molar-refractivity contribution >= 4 is 6.03 Å². The van der Waals surface area contributed by atoms with Crippen molar-refractivity contribution in [3.8, 4) is 0 Å². The number of rotatable bonds is 7. The van der Waals surface area contributed by atoms with Gasteiger partial charge in [0.2, 0.25) is 0 Å². The molecule has 0 saturated carbocycles. The van der Waals surface area contributed by atoms with Crippen LogP contribution in [0.25, 0.3) is 0 Å². The fourth-order valence-electron chi connectivity index (χ4n) is 2.20. The number of likely N-dealkylation sites (tertiary alicyclic amines) is 1. The molecule has 0 aromatic heterocycles. The van der Waals surface area contributed by atoms with Gasteiger partial charge >= 0.3 is 6.03 Å². The van der Waals surface area contributed by atoms with E-state index < -0.39 is 0 Å². The molecule has 0 aromatic carbocycles. The lowest BCUT2D eigenvalue weighted by Gasteiger charge is -2.31. The molecule has 0 aromatic rings. The number of carbonyl (C=O) groups is 1. The van der Waals surface area contributed by atoms with Gasteiger partial charge in [0, 0.05) is 39.5 Å². The second kappa shape index (κ2) is 9.15. The molecule has 112 valence electrons. The largest absolute Gasteiger partial charge is 0.396 e. The Balaban J connectivity index is 2.07. The lowest BCUT2D eigenvalue weighted by molar-refractivity contribution is 0.106. The van der Waals surface area contributed by atoms with Crippen molar-refractivity contribution in [3.05, 3.63) is 0 Å². The Morgan fingerprint density at radius 3 is 3.00 bits per heavy atom. The molecule has 0 spiro atoms. The predicted molar refractivity (Wildman–Crippen MR) is 75.1 cm³/mol. The molecule has 0 aliphatic carbocycles. The van der Waals surface area contributed by atoms with E-state index in [1.165, 1.54) is 0 Å². The topological polar surface area (TPSA) is 61.8 Å². The molecule has 1 rings (SSSR count). The van der Waals surface area contributed by atoms with Crippen molar-refractivity contribution in [2.75, 3.05) is 39.5 Å². The number of hydrogen-bond acceptors (Lipinski definition) is 3.